The number of aromatic nitrogens is 3. The molecule has 4 aromatic rings. The minimum Gasteiger partial charge on any atom is -0.464 e. The molecule has 0 spiro atoms. The van der Waals surface area contributed by atoms with Crippen LogP contribution in [0.2, 0.25) is 5.02 Å². The maximum atomic E-state index is 15.6. The van der Waals surface area contributed by atoms with Crippen molar-refractivity contribution in [2.24, 2.45) is 0 Å². The molecule has 0 unspecified atom stereocenters. The summed E-state index contributed by atoms with van der Waals surface area (Å²) in [7, 11) is 0. The van der Waals surface area contributed by atoms with E-state index in [0.717, 1.165) is 30.3 Å². The molecule has 0 N–H and O–H groups in total. The first-order chi connectivity index (χ1) is 18.3. The van der Waals surface area contributed by atoms with Gasteiger partial charge in [0.15, 0.2) is 11.6 Å². The van der Waals surface area contributed by atoms with Crippen LogP contribution in [0.25, 0.3) is 16.6 Å². The quantitative estimate of drug-likeness (QED) is 0.217. The summed E-state index contributed by atoms with van der Waals surface area (Å²) in [4.78, 5) is 24.3. The number of halogens is 3. The largest absolute Gasteiger partial charge is 0.464 e. The van der Waals surface area contributed by atoms with Crippen molar-refractivity contribution in [2.75, 3.05) is 13.2 Å². The van der Waals surface area contributed by atoms with Gasteiger partial charge < -0.3 is 14.0 Å². The Morgan fingerprint density at radius 2 is 1.95 bits per heavy atom. The third-order valence-electron chi connectivity index (χ3n) is 6.15. The minimum atomic E-state index is -0.740. The Bertz CT molecular complexity index is 1550. The van der Waals surface area contributed by atoms with Crippen molar-refractivity contribution in [1.29, 1.82) is 0 Å². The maximum absolute atomic E-state index is 15.6. The molecule has 1 aliphatic carbocycles. The smallest absolute Gasteiger partial charge is 0.341 e. The molecule has 2 aromatic heterocycles. The van der Waals surface area contributed by atoms with Gasteiger partial charge in [0, 0.05) is 39.9 Å². The number of rotatable bonds is 9. The summed E-state index contributed by atoms with van der Waals surface area (Å²) < 4.78 is 44.5. The molecule has 7 nitrogen and oxygen atoms in total. The van der Waals surface area contributed by atoms with Crippen LogP contribution in [0.1, 0.15) is 48.7 Å². The van der Waals surface area contributed by atoms with Crippen LogP contribution >= 0.6 is 23.4 Å². The average molecular weight is 560 g/mol. The van der Waals surface area contributed by atoms with Crippen LogP contribution in [0.5, 0.6) is 0 Å². The third-order valence-corrected chi connectivity index (χ3v) is 7.61. The molecule has 198 valence electrons. The summed E-state index contributed by atoms with van der Waals surface area (Å²) in [6.45, 7) is 3.59. The fourth-order valence-electron chi connectivity index (χ4n) is 4.34. The van der Waals surface area contributed by atoms with E-state index in [1.54, 1.807) is 46.8 Å². The number of fused-ring (bicyclic) bond motifs is 1. The zero-order chi connectivity index (χ0) is 27.0. The second kappa shape index (κ2) is 10.8. The number of ether oxygens (including phenoxy) is 2. The van der Waals surface area contributed by atoms with Crippen LogP contribution in [-0.2, 0) is 20.8 Å². The van der Waals surface area contributed by atoms with Gasteiger partial charge in [-0.05, 0) is 44.0 Å². The zero-order valence-corrected chi connectivity index (χ0v) is 22.2. The SMILES string of the molecule is CCOC(=O)c1cccc(Sc2c(C3CC3)n(-c3cnn(CCOC(C)=O)c3)c3c(F)c(Cl)ccc23)c1F. The highest BCUT2D eigenvalue weighted by Gasteiger charge is 2.35. The molecular weight excluding hydrogens is 536 g/mol. The van der Waals surface area contributed by atoms with E-state index in [0.29, 0.717) is 22.5 Å². The second-order valence-corrected chi connectivity index (χ2v) is 10.3. The lowest BCUT2D eigenvalue weighted by atomic mass is 10.2. The highest BCUT2D eigenvalue weighted by molar-refractivity contribution is 7.99. The van der Waals surface area contributed by atoms with Gasteiger partial charge in [0.2, 0.25) is 0 Å². The van der Waals surface area contributed by atoms with Gasteiger partial charge >= 0.3 is 11.9 Å². The molecule has 5 rings (SSSR count). The van der Waals surface area contributed by atoms with E-state index in [1.807, 2.05) is 0 Å². The normalized spacial score (nSPS) is 13.2. The summed E-state index contributed by atoms with van der Waals surface area (Å²) in [6, 6.07) is 7.77. The Hall–Kier alpha value is -3.37. The maximum Gasteiger partial charge on any atom is 0.341 e. The molecule has 11 heteroatoms. The molecule has 2 aromatic carbocycles. The summed E-state index contributed by atoms with van der Waals surface area (Å²) in [6.07, 6.45) is 5.14. The number of esters is 2. The first-order valence-corrected chi connectivity index (χ1v) is 13.3. The summed E-state index contributed by atoms with van der Waals surface area (Å²) in [5.41, 5.74) is 1.54. The third kappa shape index (κ3) is 5.02. The summed E-state index contributed by atoms with van der Waals surface area (Å²) >= 11 is 7.35. The fraction of sp³-hybridized carbons (Fsp3) is 0.296. The van der Waals surface area contributed by atoms with E-state index < -0.39 is 17.6 Å². The number of benzene rings is 2. The molecule has 38 heavy (non-hydrogen) atoms. The number of carbonyl (C=O) groups excluding carboxylic acids is 2. The lowest BCUT2D eigenvalue weighted by Gasteiger charge is -2.11. The highest BCUT2D eigenvalue weighted by Crippen LogP contribution is 2.51. The summed E-state index contributed by atoms with van der Waals surface area (Å²) in [5.74, 6) is -2.28. The van der Waals surface area contributed by atoms with Gasteiger partial charge in [-0.15, -0.1) is 0 Å². The average Bonchev–Trinajstić information content (AvgIpc) is 3.52. The topological polar surface area (TPSA) is 75.3 Å². The molecule has 1 fully saturated rings. The zero-order valence-electron chi connectivity index (χ0n) is 20.7. The van der Waals surface area contributed by atoms with Gasteiger partial charge in [-0.25, -0.2) is 13.6 Å². The van der Waals surface area contributed by atoms with E-state index in [9.17, 15) is 9.59 Å². The van der Waals surface area contributed by atoms with Crippen molar-refractivity contribution < 1.29 is 27.8 Å². The molecule has 1 aliphatic rings. The van der Waals surface area contributed by atoms with E-state index in [1.165, 1.54) is 19.1 Å². The molecule has 0 saturated heterocycles. The van der Waals surface area contributed by atoms with Crippen molar-refractivity contribution in [2.45, 2.75) is 48.9 Å². The van der Waals surface area contributed by atoms with Gasteiger partial charge in [0.1, 0.15) is 6.61 Å². The molecule has 0 atom stereocenters. The Morgan fingerprint density at radius 3 is 2.66 bits per heavy atom. The number of carbonyl (C=O) groups is 2. The van der Waals surface area contributed by atoms with Crippen molar-refractivity contribution in [3.05, 3.63) is 70.6 Å². The predicted molar refractivity (Wildman–Crippen MR) is 139 cm³/mol. The van der Waals surface area contributed by atoms with Gasteiger partial charge in [0.25, 0.3) is 0 Å². The lowest BCUT2D eigenvalue weighted by Crippen LogP contribution is -2.09. The van der Waals surface area contributed by atoms with E-state index >= 15 is 8.78 Å². The molecular formula is C27H24ClF2N3O4S. The van der Waals surface area contributed by atoms with Crippen LogP contribution in [-0.4, -0.2) is 39.5 Å². The van der Waals surface area contributed by atoms with Gasteiger partial charge in [-0.2, -0.15) is 5.10 Å². The van der Waals surface area contributed by atoms with Crippen LogP contribution in [0, 0.1) is 11.6 Å². The standard InChI is InChI=1S/C27H24ClF2N3O4S/c1-3-36-27(35)18-5-4-6-21(22(18)29)38-26-19-9-10-20(28)23(30)25(19)33(24(26)16-7-8-16)17-13-31-32(14-17)11-12-37-15(2)34/h4-6,9-10,13-14,16H,3,7-8,11-12H2,1-2H3. The minimum absolute atomic E-state index is 0.0344. The van der Waals surface area contributed by atoms with E-state index in [4.69, 9.17) is 21.1 Å². The van der Waals surface area contributed by atoms with Crippen LogP contribution < -0.4 is 0 Å². The molecule has 0 bridgehead atoms. The van der Waals surface area contributed by atoms with Crippen LogP contribution in [0.15, 0.2) is 52.5 Å². The predicted octanol–water partition coefficient (Wildman–Crippen LogP) is 6.53. The summed E-state index contributed by atoms with van der Waals surface area (Å²) in [5, 5.41) is 4.90. The number of hydrogen-bond acceptors (Lipinski definition) is 6. The number of hydrogen-bond donors (Lipinski definition) is 0. The molecule has 1 saturated carbocycles. The Kier molecular flexibility index (Phi) is 7.45. The Morgan fingerprint density at radius 1 is 1.16 bits per heavy atom. The Labute approximate surface area is 226 Å². The van der Waals surface area contributed by atoms with Crippen molar-refractivity contribution in [3.8, 4) is 5.69 Å². The number of nitrogens with zero attached hydrogens (tertiary/aromatic N) is 3. The molecule has 0 radical (unpaired) electrons. The van der Waals surface area contributed by atoms with E-state index in [-0.39, 0.29) is 46.1 Å². The first-order valence-electron chi connectivity index (χ1n) is 12.1. The lowest BCUT2D eigenvalue weighted by molar-refractivity contribution is -0.141. The van der Waals surface area contributed by atoms with Crippen LogP contribution in [0.4, 0.5) is 8.78 Å². The second-order valence-electron chi connectivity index (χ2n) is 8.82. The molecule has 0 aliphatic heterocycles. The van der Waals surface area contributed by atoms with Gasteiger partial charge in [-0.1, -0.05) is 29.4 Å². The van der Waals surface area contributed by atoms with Crippen molar-refractivity contribution in [1.82, 2.24) is 14.3 Å². The van der Waals surface area contributed by atoms with E-state index in [2.05, 4.69) is 5.10 Å². The monoisotopic (exact) mass is 559 g/mol. The van der Waals surface area contributed by atoms with Gasteiger partial charge in [-0.3, -0.25) is 9.48 Å². The van der Waals surface area contributed by atoms with Crippen LogP contribution in [0.3, 0.4) is 0 Å². The highest BCUT2D eigenvalue weighted by atomic mass is 35.5. The van der Waals surface area contributed by atoms with Crippen molar-refractivity contribution >= 4 is 46.2 Å². The molecule has 0 amide bonds. The molecule has 2 heterocycles. The van der Waals surface area contributed by atoms with Gasteiger partial charge in [0.05, 0.1) is 41.1 Å². The fourth-order valence-corrected chi connectivity index (χ4v) is 5.70. The first kappa shape index (κ1) is 26.2. The van der Waals surface area contributed by atoms with Crippen molar-refractivity contribution in [3.63, 3.8) is 0 Å². The Balaban J connectivity index is 1.64.